The summed E-state index contributed by atoms with van der Waals surface area (Å²) in [5, 5.41) is 21.3. The number of aliphatic hydroxyl groups is 1. The molecule has 0 radical (unpaired) electrons. The van der Waals surface area contributed by atoms with E-state index in [9.17, 15) is 43.5 Å². The summed E-state index contributed by atoms with van der Waals surface area (Å²) in [6.45, 7) is 13.7. The van der Waals surface area contributed by atoms with E-state index in [4.69, 9.17) is 4.74 Å². The number of nitrogens with zero attached hydrogens (tertiary/aromatic N) is 4. The van der Waals surface area contributed by atoms with E-state index in [0.29, 0.717) is 13.1 Å². The first kappa shape index (κ1) is 52.2. The van der Waals surface area contributed by atoms with E-state index in [1.54, 1.807) is 51.7 Å². The Morgan fingerprint density at radius 3 is 1.89 bits per heavy atom. The molecule has 1 aromatic carbocycles. The van der Waals surface area contributed by atoms with Crippen molar-refractivity contribution >= 4 is 47.3 Å². The number of carbonyl (C=O) groups is 8. The van der Waals surface area contributed by atoms with Crippen LogP contribution in [0.5, 0.6) is 0 Å². The fourth-order valence-electron chi connectivity index (χ4n) is 7.56. The molecule has 18 nitrogen and oxygen atoms in total. The van der Waals surface area contributed by atoms with Crippen molar-refractivity contribution in [1.82, 2.24) is 40.9 Å². The van der Waals surface area contributed by atoms with Gasteiger partial charge in [0, 0.05) is 40.7 Å². The number of piperidine rings is 1. The van der Waals surface area contributed by atoms with Gasteiger partial charge in [0.25, 0.3) is 0 Å². The zero-order valence-electron chi connectivity index (χ0n) is 39.1. The monoisotopic (exact) mass is 885 g/mol. The predicted octanol–water partition coefficient (Wildman–Crippen LogP) is 0.595. The summed E-state index contributed by atoms with van der Waals surface area (Å²) in [5.74, 6) is -6.29. The first-order chi connectivity index (χ1) is 29.4. The molecule has 0 spiro atoms. The largest absolute Gasteiger partial charge is 0.391 e. The van der Waals surface area contributed by atoms with Crippen LogP contribution in [0.2, 0.25) is 0 Å². The highest BCUT2D eigenvalue weighted by Gasteiger charge is 2.41. The van der Waals surface area contributed by atoms with Crippen molar-refractivity contribution in [3.8, 4) is 0 Å². The van der Waals surface area contributed by atoms with Gasteiger partial charge in [-0.05, 0) is 70.8 Å². The average Bonchev–Trinajstić information content (AvgIpc) is 3.22. The number of benzene rings is 1. The molecular formula is C45H72N8O10. The van der Waals surface area contributed by atoms with Crippen LogP contribution < -0.4 is 21.3 Å². The minimum Gasteiger partial charge on any atom is -0.391 e. The number of likely N-dealkylation sites (tertiary alicyclic amines) is 1. The molecule has 0 saturated carbocycles. The van der Waals surface area contributed by atoms with Crippen molar-refractivity contribution in [1.29, 1.82) is 0 Å². The van der Waals surface area contributed by atoms with Gasteiger partial charge in [-0.1, -0.05) is 58.0 Å². The minimum absolute atomic E-state index is 0.0529. The van der Waals surface area contributed by atoms with Crippen molar-refractivity contribution in [2.24, 2.45) is 11.8 Å². The molecule has 18 heteroatoms. The van der Waals surface area contributed by atoms with Gasteiger partial charge >= 0.3 is 0 Å². The molecule has 8 amide bonds. The third-order valence-corrected chi connectivity index (χ3v) is 11.2. The second-order valence-electron chi connectivity index (χ2n) is 18.7. The van der Waals surface area contributed by atoms with Gasteiger partial charge in [-0.3, -0.25) is 38.4 Å². The fourth-order valence-corrected chi connectivity index (χ4v) is 7.56. The first-order valence-corrected chi connectivity index (χ1v) is 22.0. The third kappa shape index (κ3) is 15.6. The number of carbonyl (C=O) groups excluding carboxylic acids is 8. The second kappa shape index (κ2) is 23.5. The number of rotatable bonds is 9. The number of hydrogen-bond donors (Lipinski definition) is 5. The number of amides is 8. The summed E-state index contributed by atoms with van der Waals surface area (Å²) < 4.78 is 5.96. The number of nitrogens with one attached hydrogen (secondary N) is 4. The molecule has 0 bridgehead atoms. The van der Waals surface area contributed by atoms with Crippen molar-refractivity contribution in [2.45, 2.75) is 142 Å². The molecule has 63 heavy (non-hydrogen) atoms. The zero-order chi connectivity index (χ0) is 47.3. The van der Waals surface area contributed by atoms with Crippen molar-refractivity contribution in [3.05, 3.63) is 35.9 Å². The first-order valence-electron chi connectivity index (χ1n) is 22.0. The maximum absolute atomic E-state index is 14.8. The van der Waals surface area contributed by atoms with Crippen LogP contribution in [0.1, 0.15) is 93.1 Å². The molecule has 5 N–H and O–H groups in total. The smallest absolute Gasteiger partial charge is 0.247 e. The quantitative estimate of drug-likeness (QED) is 0.232. The van der Waals surface area contributed by atoms with Crippen LogP contribution in [-0.4, -0.2) is 167 Å². The van der Waals surface area contributed by atoms with Crippen LogP contribution in [0.25, 0.3) is 0 Å². The molecule has 2 aliphatic rings. The minimum atomic E-state index is -1.61. The molecule has 0 aliphatic carbocycles. The lowest BCUT2D eigenvalue weighted by atomic mass is 9.97. The molecule has 352 valence electrons. The summed E-state index contributed by atoms with van der Waals surface area (Å²) in [6, 6.07) is 1.17. The summed E-state index contributed by atoms with van der Waals surface area (Å²) in [6.07, 6.45) is 0.502. The van der Waals surface area contributed by atoms with E-state index in [-0.39, 0.29) is 25.4 Å². The Morgan fingerprint density at radius 1 is 0.746 bits per heavy atom. The van der Waals surface area contributed by atoms with E-state index < -0.39 is 114 Å². The highest BCUT2D eigenvalue weighted by Crippen LogP contribution is 2.20. The van der Waals surface area contributed by atoms with Gasteiger partial charge in [0.05, 0.1) is 31.3 Å². The molecule has 2 aliphatic heterocycles. The lowest BCUT2D eigenvalue weighted by Crippen LogP contribution is -2.62. The number of hydrogen-bond acceptors (Lipinski definition) is 10. The van der Waals surface area contributed by atoms with Gasteiger partial charge in [-0.2, -0.15) is 0 Å². The van der Waals surface area contributed by atoms with Gasteiger partial charge in [0.1, 0.15) is 36.3 Å². The summed E-state index contributed by atoms with van der Waals surface area (Å²) in [4.78, 5) is 118. The van der Waals surface area contributed by atoms with Gasteiger partial charge < -0.3 is 50.7 Å². The molecule has 0 unspecified atom stereocenters. The summed E-state index contributed by atoms with van der Waals surface area (Å²) >= 11 is 0. The molecule has 2 fully saturated rings. The molecule has 1 aromatic rings. The predicted molar refractivity (Wildman–Crippen MR) is 235 cm³/mol. The van der Waals surface area contributed by atoms with Crippen LogP contribution in [0.15, 0.2) is 30.3 Å². The third-order valence-electron chi connectivity index (χ3n) is 11.2. The van der Waals surface area contributed by atoms with E-state index in [2.05, 4.69) is 21.3 Å². The molecular weight excluding hydrogens is 813 g/mol. The topological polar surface area (TPSA) is 227 Å². The van der Waals surface area contributed by atoms with Crippen LogP contribution >= 0.6 is 0 Å². The van der Waals surface area contributed by atoms with E-state index >= 15 is 0 Å². The lowest BCUT2D eigenvalue weighted by molar-refractivity contribution is -0.150. The highest BCUT2D eigenvalue weighted by atomic mass is 16.5. The molecule has 0 aromatic heterocycles. The Morgan fingerprint density at radius 2 is 1.33 bits per heavy atom. The van der Waals surface area contributed by atoms with Crippen LogP contribution in [0.4, 0.5) is 0 Å². The second-order valence-corrected chi connectivity index (χ2v) is 18.7. The van der Waals surface area contributed by atoms with Crippen molar-refractivity contribution in [3.63, 3.8) is 0 Å². The molecule has 2 saturated heterocycles. The molecule has 3 rings (SSSR count). The maximum Gasteiger partial charge on any atom is 0.247 e. The van der Waals surface area contributed by atoms with Crippen LogP contribution in [0.3, 0.4) is 0 Å². The summed E-state index contributed by atoms with van der Waals surface area (Å²) in [5.41, 5.74) is -0.0193. The normalized spacial score (nSPS) is 25.5. The molecule has 2 heterocycles. The van der Waals surface area contributed by atoms with Gasteiger partial charge in [-0.15, -0.1) is 0 Å². The van der Waals surface area contributed by atoms with Crippen LogP contribution in [-0.2, 0) is 49.5 Å². The standard InChI is InChI=1S/C45H72N8O10/c1-27(2)22-33-39(57)47-32(26-63-45(6,7)8)41(59)50(9)25-36(56)49-38(29(5)54)40(58)46-31(42(60)53-20-16-13-17-21-53)24-35(55)48-37(28(3)4)44(62)52(11)34(43(61)51(33)10)23-30-18-14-12-15-19-30/h12,14-15,18-19,27-29,31-34,37-38,54H,13,16-17,20-26H2,1-11H3,(H,46,58)(H,47,57)(H,48,55)(H,49,56)/t29-,31+,32+,33+,34+,37+,38+/m1/s1. The average molecular weight is 885 g/mol. The highest BCUT2D eigenvalue weighted by molar-refractivity contribution is 5.98. The Hall–Kier alpha value is -5.10. The fraction of sp³-hybridized carbons (Fsp3) is 0.689. The van der Waals surface area contributed by atoms with Gasteiger partial charge in [0.2, 0.25) is 47.3 Å². The maximum atomic E-state index is 14.8. The Bertz CT molecular complexity index is 1760. The Labute approximate surface area is 372 Å². The zero-order valence-corrected chi connectivity index (χ0v) is 39.1. The Kier molecular flexibility index (Phi) is 19.5. The van der Waals surface area contributed by atoms with Crippen molar-refractivity contribution in [2.75, 3.05) is 47.4 Å². The lowest BCUT2D eigenvalue weighted by Gasteiger charge is -2.37. The van der Waals surface area contributed by atoms with Crippen LogP contribution in [0, 0.1) is 11.8 Å². The van der Waals surface area contributed by atoms with E-state index in [1.165, 1.54) is 37.9 Å². The number of likely N-dealkylation sites (N-methyl/N-ethyl adjacent to an activating group) is 3. The number of aliphatic hydroxyl groups excluding tert-OH is 1. The van der Waals surface area contributed by atoms with Crippen molar-refractivity contribution < 1.29 is 48.2 Å². The number of ether oxygens (including phenoxy) is 1. The van der Waals surface area contributed by atoms with E-state index in [0.717, 1.165) is 29.7 Å². The van der Waals surface area contributed by atoms with E-state index in [1.807, 2.05) is 32.0 Å². The van der Waals surface area contributed by atoms with Gasteiger partial charge in [-0.25, -0.2) is 0 Å². The summed E-state index contributed by atoms with van der Waals surface area (Å²) in [7, 11) is 4.25. The Balaban J connectivity index is 2.20. The van der Waals surface area contributed by atoms with Gasteiger partial charge in [0.15, 0.2) is 0 Å². The SMILES string of the molecule is CC(C)C[C@H]1C(=O)N[C@@H](COC(C)(C)C)C(=O)N(C)CC(=O)N[C@@H]([C@@H](C)O)C(=O)N[C@H](C(=O)N2CCCCC2)CC(=O)N[C@@H](C(C)C)C(=O)N(C)[C@@H](Cc2ccccc2)C(=O)N1C. The molecule has 7 atom stereocenters.